The maximum atomic E-state index is 2.48. The van der Waals surface area contributed by atoms with Crippen LogP contribution in [0, 0.1) is 0 Å². The molecule has 0 aliphatic heterocycles. The van der Waals surface area contributed by atoms with Gasteiger partial charge in [0.2, 0.25) is 0 Å². The second kappa shape index (κ2) is 8.74. The highest BCUT2D eigenvalue weighted by Crippen LogP contribution is 2.50. The Bertz CT molecular complexity index is 2670. The Kier molecular flexibility index (Phi) is 4.82. The topological polar surface area (TPSA) is 9.86 Å². The number of hydrogen-bond acceptors (Lipinski definition) is 0. The zero-order valence-electron chi connectivity index (χ0n) is 25.3. The highest BCUT2D eigenvalue weighted by molar-refractivity contribution is 6.30. The van der Waals surface area contributed by atoms with E-state index in [0.717, 1.165) is 0 Å². The van der Waals surface area contributed by atoms with Gasteiger partial charge in [0.1, 0.15) is 0 Å². The number of nitrogens with zero attached hydrogens (tertiary/aromatic N) is 2. The number of hydrogen-bond donors (Lipinski definition) is 0. The first kappa shape index (κ1) is 24.8. The summed E-state index contributed by atoms with van der Waals surface area (Å²) < 4.78 is 4.97. The summed E-state index contributed by atoms with van der Waals surface area (Å²) in [7, 11) is 0. The smallest absolute Gasteiger partial charge is 0.0641 e. The lowest BCUT2D eigenvalue weighted by atomic mass is 9.82. The van der Waals surface area contributed by atoms with Crippen molar-refractivity contribution in [1.82, 2.24) is 9.13 Å². The van der Waals surface area contributed by atoms with Gasteiger partial charge in [-0.2, -0.15) is 0 Å². The summed E-state index contributed by atoms with van der Waals surface area (Å²) in [6, 6.07) is 53.8. The molecule has 45 heavy (non-hydrogen) atoms. The molecular formula is C43H30N2. The third-order valence-electron chi connectivity index (χ3n) is 10.3. The maximum absolute atomic E-state index is 2.48. The molecule has 2 nitrogen and oxygen atoms in total. The van der Waals surface area contributed by atoms with Crippen molar-refractivity contribution >= 4 is 54.4 Å². The van der Waals surface area contributed by atoms with Crippen LogP contribution in [0.3, 0.4) is 0 Å². The predicted molar refractivity (Wildman–Crippen MR) is 190 cm³/mol. The molecule has 0 radical (unpaired) electrons. The van der Waals surface area contributed by atoms with Crippen LogP contribution in [-0.2, 0) is 5.41 Å². The van der Waals surface area contributed by atoms with Crippen LogP contribution in [0.4, 0.5) is 0 Å². The van der Waals surface area contributed by atoms with Gasteiger partial charge < -0.3 is 9.13 Å². The van der Waals surface area contributed by atoms with Crippen LogP contribution in [0.5, 0.6) is 0 Å². The molecule has 0 fully saturated rings. The molecule has 0 saturated heterocycles. The molecule has 0 saturated carbocycles. The van der Waals surface area contributed by atoms with E-state index in [-0.39, 0.29) is 5.41 Å². The van der Waals surface area contributed by atoms with Crippen molar-refractivity contribution in [2.24, 2.45) is 0 Å². The van der Waals surface area contributed by atoms with Crippen molar-refractivity contribution < 1.29 is 0 Å². The quantitative estimate of drug-likeness (QED) is 0.194. The zero-order chi connectivity index (χ0) is 29.9. The second-order valence-electron chi connectivity index (χ2n) is 13.0. The van der Waals surface area contributed by atoms with Crippen LogP contribution in [0.15, 0.2) is 146 Å². The molecule has 0 bridgehead atoms. The molecule has 2 heterocycles. The van der Waals surface area contributed by atoms with Gasteiger partial charge in [-0.05, 0) is 75.5 Å². The molecular weight excluding hydrogens is 544 g/mol. The molecule has 212 valence electrons. The molecule has 9 aromatic rings. The van der Waals surface area contributed by atoms with Gasteiger partial charge in [-0.3, -0.25) is 0 Å². The Morgan fingerprint density at radius 3 is 2.00 bits per heavy atom. The molecule has 10 rings (SSSR count). The summed E-state index contributed by atoms with van der Waals surface area (Å²) in [6.07, 6.45) is 0. The fourth-order valence-corrected chi connectivity index (χ4v) is 8.28. The summed E-state index contributed by atoms with van der Waals surface area (Å²) in [4.78, 5) is 0. The third-order valence-corrected chi connectivity index (χ3v) is 10.3. The fraction of sp³-hybridized carbons (Fsp3) is 0.0698. The van der Waals surface area contributed by atoms with Crippen molar-refractivity contribution in [3.8, 4) is 22.5 Å². The summed E-state index contributed by atoms with van der Waals surface area (Å²) >= 11 is 0. The number of aromatic nitrogens is 2. The van der Waals surface area contributed by atoms with Crippen molar-refractivity contribution in [1.29, 1.82) is 0 Å². The number of para-hydroxylation sites is 2. The van der Waals surface area contributed by atoms with Gasteiger partial charge in [-0.25, -0.2) is 0 Å². The number of fused-ring (bicyclic) bond motifs is 12. The van der Waals surface area contributed by atoms with E-state index in [4.69, 9.17) is 0 Å². The lowest BCUT2D eigenvalue weighted by Crippen LogP contribution is -2.15. The second-order valence-corrected chi connectivity index (χ2v) is 13.0. The fourth-order valence-electron chi connectivity index (χ4n) is 8.28. The molecule has 1 aliphatic carbocycles. The van der Waals surface area contributed by atoms with Crippen molar-refractivity contribution in [2.45, 2.75) is 19.3 Å². The van der Waals surface area contributed by atoms with Crippen molar-refractivity contribution in [3.05, 3.63) is 157 Å². The summed E-state index contributed by atoms with van der Waals surface area (Å²) in [6.45, 7) is 4.72. The zero-order valence-corrected chi connectivity index (χ0v) is 25.3. The highest BCUT2D eigenvalue weighted by atomic mass is 15.0. The first-order valence-electron chi connectivity index (χ1n) is 15.8. The van der Waals surface area contributed by atoms with E-state index < -0.39 is 0 Å². The number of rotatable bonds is 2. The van der Waals surface area contributed by atoms with Crippen molar-refractivity contribution in [3.63, 3.8) is 0 Å². The average Bonchev–Trinajstić information content (AvgIpc) is 3.69. The molecule has 2 heteroatoms. The monoisotopic (exact) mass is 574 g/mol. The molecule has 0 atom stereocenters. The lowest BCUT2D eigenvalue weighted by Gasteiger charge is -2.22. The van der Waals surface area contributed by atoms with Gasteiger partial charge in [0.15, 0.2) is 0 Å². The lowest BCUT2D eigenvalue weighted by molar-refractivity contribution is 0.660. The van der Waals surface area contributed by atoms with E-state index in [2.05, 4.69) is 169 Å². The van der Waals surface area contributed by atoms with Gasteiger partial charge in [0, 0.05) is 38.3 Å². The van der Waals surface area contributed by atoms with Crippen molar-refractivity contribution in [2.75, 3.05) is 0 Å². The molecule has 1 aliphatic rings. The molecule has 2 aromatic heterocycles. The van der Waals surface area contributed by atoms with E-state index in [0.29, 0.717) is 0 Å². The first-order valence-corrected chi connectivity index (χ1v) is 15.8. The maximum Gasteiger partial charge on any atom is 0.0641 e. The summed E-state index contributed by atoms with van der Waals surface area (Å²) in [5.41, 5.74) is 12.7. The minimum absolute atomic E-state index is 0.0608. The average molecular weight is 575 g/mol. The standard InChI is InChI=1S/C43H30N2/c1-43(2)35-18-10-8-16-31(35)32-22-21-29(26-36(32)43)44-37-19-11-9-17-33(37)41-39(44)25-23-34-40-30-15-7-6-12-27(30)20-24-38(40)45(42(34)41)28-13-4-3-5-14-28/h3-26H,1-2H3. The molecule has 0 N–H and O–H groups in total. The highest BCUT2D eigenvalue weighted by Gasteiger charge is 2.35. The Labute approximate surface area is 261 Å². The van der Waals surface area contributed by atoms with Crippen LogP contribution < -0.4 is 0 Å². The van der Waals surface area contributed by atoms with E-state index in [1.54, 1.807) is 0 Å². The third kappa shape index (κ3) is 3.18. The molecule has 0 unspecified atom stereocenters. The Morgan fingerprint density at radius 1 is 0.422 bits per heavy atom. The minimum Gasteiger partial charge on any atom is -0.309 e. The molecule has 0 amide bonds. The minimum atomic E-state index is -0.0608. The van der Waals surface area contributed by atoms with Crippen LogP contribution in [0.2, 0.25) is 0 Å². The van der Waals surface area contributed by atoms with Crippen LogP contribution >= 0.6 is 0 Å². The van der Waals surface area contributed by atoms with Crippen LogP contribution in [-0.4, -0.2) is 9.13 Å². The van der Waals surface area contributed by atoms with Crippen LogP contribution in [0.1, 0.15) is 25.0 Å². The van der Waals surface area contributed by atoms with Gasteiger partial charge in [0.25, 0.3) is 0 Å². The number of benzene rings is 7. The van der Waals surface area contributed by atoms with Gasteiger partial charge in [0.05, 0.1) is 22.1 Å². The summed E-state index contributed by atoms with van der Waals surface area (Å²) in [5, 5.41) is 7.70. The summed E-state index contributed by atoms with van der Waals surface area (Å²) in [5.74, 6) is 0. The van der Waals surface area contributed by atoms with E-state index >= 15 is 0 Å². The first-order chi connectivity index (χ1) is 22.1. The van der Waals surface area contributed by atoms with Gasteiger partial charge in [-0.15, -0.1) is 0 Å². The van der Waals surface area contributed by atoms with E-state index in [1.807, 2.05) is 0 Å². The van der Waals surface area contributed by atoms with E-state index in [9.17, 15) is 0 Å². The molecule has 0 spiro atoms. The van der Waals surface area contributed by atoms with Crippen LogP contribution in [0.25, 0.3) is 76.9 Å². The predicted octanol–water partition coefficient (Wildman–Crippen LogP) is 11.3. The Hall–Kier alpha value is -5.60. The SMILES string of the molecule is CC1(C)c2ccccc2-c2ccc(-n3c4ccccc4c4c3ccc3c5c6ccccc6ccc5n(-c5ccccc5)c34)cc21. The van der Waals surface area contributed by atoms with Gasteiger partial charge >= 0.3 is 0 Å². The normalized spacial score (nSPS) is 13.7. The largest absolute Gasteiger partial charge is 0.309 e. The van der Waals surface area contributed by atoms with E-state index in [1.165, 1.54) is 88.0 Å². The van der Waals surface area contributed by atoms with Gasteiger partial charge in [-0.1, -0.05) is 117 Å². The Morgan fingerprint density at radius 2 is 1.11 bits per heavy atom. The molecule has 7 aromatic carbocycles. The Balaban J connectivity index is 1.36.